The molecule has 2 aromatic heterocycles. The van der Waals surface area contributed by atoms with Gasteiger partial charge in [0, 0.05) is 17.0 Å². The van der Waals surface area contributed by atoms with Gasteiger partial charge < -0.3 is 14.8 Å². The minimum absolute atomic E-state index is 0.172. The monoisotopic (exact) mass is 475 g/mol. The molecule has 0 spiro atoms. The number of thioether (sulfide) groups is 1. The summed E-state index contributed by atoms with van der Waals surface area (Å²) in [5, 5.41) is 5.35. The van der Waals surface area contributed by atoms with Gasteiger partial charge in [-0.15, -0.1) is 11.3 Å². The third-order valence-electron chi connectivity index (χ3n) is 5.39. The van der Waals surface area contributed by atoms with Crippen molar-refractivity contribution in [3.05, 3.63) is 34.7 Å². The second kappa shape index (κ2) is 9.15. The number of ether oxygens (including phenoxy) is 2. The van der Waals surface area contributed by atoms with Crippen LogP contribution in [0.5, 0.6) is 5.75 Å². The topological polar surface area (TPSA) is 80.3 Å². The molecule has 0 saturated heterocycles. The molecule has 3 N–H and O–H groups in total. The first-order chi connectivity index (χ1) is 14.9. The second-order valence-electron chi connectivity index (χ2n) is 7.44. The van der Waals surface area contributed by atoms with Crippen molar-refractivity contribution in [1.29, 1.82) is 0 Å². The van der Waals surface area contributed by atoms with Gasteiger partial charge in [0.25, 0.3) is 0 Å². The normalized spacial score (nSPS) is 17.8. The first kappa shape index (κ1) is 22.1. The van der Waals surface area contributed by atoms with Gasteiger partial charge >= 0.3 is 0 Å². The fourth-order valence-corrected chi connectivity index (χ4v) is 5.11. The largest absolute Gasteiger partial charge is 0.497 e. The summed E-state index contributed by atoms with van der Waals surface area (Å²) in [7, 11) is 1.64. The van der Waals surface area contributed by atoms with Crippen molar-refractivity contribution in [3.8, 4) is 5.75 Å². The number of rotatable bonds is 6. The van der Waals surface area contributed by atoms with Crippen LogP contribution in [-0.2, 0) is 17.8 Å². The minimum Gasteiger partial charge on any atom is -0.497 e. The van der Waals surface area contributed by atoms with Crippen molar-refractivity contribution in [1.82, 2.24) is 15.4 Å². The van der Waals surface area contributed by atoms with E-state index in [0.29, 0.717) is 16.9 Å². The van der Waals surface area contributed by atoms with Crippen LogP contribution in [-0.4, -0.2) is 34.0 Å². The fraction of sp³-hybridized carbons (Fsp3) is 0.381. The smallest absolute Gasteiger partial charge is 0.190 e. The first-order valence-corrected chi connectivity index (χ1v) is 12.4. The van der Waals surface area contributed by atoms with Gasteiger partial charge in [-0.05, 0) is 61.6 Å². The van der Waals surface area contributed by atoms with Crippen LogP contribution < -0.4 is 20.9 Å². The van der Waals surface area contributed by atoms with Gasteiger partial charge in [-0.25, -0.2) is 9.97 Å². The number of benzene rings is 1. The molecule has 7 nitrogen and oxygen atoms in total. The van der Waals surface area contributed by atoms with E-state index in [4.69, 9.17) is 31.7 Å². The van der Waals surface area contributed by atoms with Gasteiger partial charge in [-0.2, -0.15) is 0 Å². The van der Waals surface area contributed by atoms with E-state index >= 15 is 0 Å². The Morgan fingerprint density at radius 2 is 2.10 bits per heavy atom. The Labute approximate surface area is 195 Å². The average Bonchev–Trinajstić information content (AvgIpc) is 3.15. The zero-order valence-electron chi connectivity index (χ0n) is 17.9. The van der Waals surface area contributed by atoms with E-state index in [-0.39, 0.29) is 5.60 Å². The average molecular weight is 476 g/mol. The Balaban J connectivity index is 1.57. The van der Waals surface area contributed by atoms with Crippen LogP contribution in [0.1, 0.15) is 30.7 Å². The van der Waals surface area contributed by atoms with E-state index in [0.717, 1.165) is 40.3 Å². The SMILES string of the molecule is CCC1(C)Cc2c(sc3nc(SC)nc(NNC(=S)Nc4ccc(OC)cc4)c23)CO1. The highest BCUT2D eigenvalue weighted by atomic mass is 32.2. The Hall–Kier alpha value is -2.14. The quantitative estimate of drug-likeness (QED) is 0.198. The van der Waals surface area contributed by atoms with Crippen LogP contribution in [0.4, 0.5) is 11.5 Å². The van der Waals surface area contributed by atoms with Gasteiger partial charge in [-0.3, -0.25) is 10.9 Å². The maximum atomic E-state index is 6.13. The molecule has 1 aliphatic rings. The predicted molar refractivity (Wildman–Crippen MR) is 132 cm³/mol. The van der Waals surface area contributed by atoms with E-state index in [1.807, 2.05) is 30.5 Å². The lowest BCUT2D eigenvalue weighted by atomic mass is 9.90. The van der Waals surface area contributed by atoms with Crippen LogP contribution >= 0.6 is 35.3 Å². The standard InChI is InChI=1S/C21H25N5O2S3/c1-5-21(2)10-14-15(11-28-21)31-18-16(14)17(23-20(24-18)30-4)25-26-19(29)22-12-6-8-13(27-3)9-7-12/h6-9H,5,10-11H2,1-4H3,(H2,22,26,29)(H,23,24,25). The van der Waals surface area contributed by atoms with Crippen molar-refractivity contribution in [2.75, 3.05) is 24.1 Å². The molecule has 164 valence electrons. The number of hydrogen-bond acceptors (Lipinski definition) is 8. The molecule has 31 heavy (non-hydrogen) atoms. The molecule has 0 amide bonds. The summed E-state index contributed by atoms with van der Waals surface area (Å²) in [4.78, 5) is 11.6. The molecule has 1 aliphatic heterocycles. The molecule has 1 atom stereocenters. The molecular weight excluding hydrogens is 450 g/mol. The number of nitrogens with zero attached hydrogens (tertiary/aromatic N) is 2. The summed E-state index contributed by atoms with van der Waals surface area (Å²) in [6.45, 7) is 4.93. The van der Waals surface area contributed by atoms with Crippen molar-refractivity contribution < 1.29 is 9.47 Å². The maximum Gasteiger partial charge on any atom is 0.190 e. The zero-order chi connectivity index (χ0) is 22.0. The molecule has 0 saturated carbocycles. The fourth-order valence-electron chi connectivity index (χ4n) is 3.41. The summed E-state index contributed by atoms with van der Waals surface area (Å²) in [6, 6.07) is 7.56. The van der Waals surface area contributed by atoms with Crippen LogP contribution in [0.3, 0.4) is 0 Å². The van der Waals surface area contributed by atoms with Crippen molar-refractivity contribution in [2.45, 2.75) is 44.1 Å². The highest BCUT2D eigenvalue weighted by Gasteiger charge is 2.33. The Kier molecular flexibility index (Phi) is 6.52. The van der Waals surface area contributed by atoms with E-state index in [1.165, 1.54) is 22.2 Å². The highest BCUT2D eigenvalue weighted by Crippen LogP contribution is 2.42. The number of hydrazine groups is 1. The number of anilines is 2. The maximum absolute atomic E-state index is 6.13. The number of nitrogens with one attached hydrogen (secondary N) is 3. The van der Waals surface area contributed by atoms with Gasteiger partial charge in [0.1, 0.15) is 10.6 Å². The summed E-state index contributed by atoms with van der Waals surface area (Å²) in [6.07, 6.45) is 3.76. The summed E-state index contributed by atoms with van der Waals surface area (Å²) >= 11 is 8.64. The second-order valence-corrected chi connectivity index (χ2v) is 9.71. The molecule has 3 aromatic rings. The van der Waals surface area contributed by atoms with Crippen LogP contribution in [0.2, 0.25) is 0 Å². The molecule has 0 bridgehead atoms. The molecule has 0 radical (unpaired) electrons. The van der Waals surface area contributed by atoms with E-state index in [2.05, 4.69) is 30.0 Å². The van der Waals surface area contributed by atoms with Gasteiger partial charge in [0.15, 0.2) is 16.1 Å². The van der Waals surface area contributed by atoms with Crippen LogP contribution in [0, 0.1) is 0 Å². The number of aromatic nitrogens is 2. The lowest BCUT2D eigenvalue weighted by molar-refractivity contribution is -0.0542. The first-order valence-electron chi connectivity index (χ1n) is 9.92. The van der Waals surface area contributed by atoms with Gasteiger partial charge in [0.2, 0.25) is 0 Å². The van der Waals surface area contributed by atoms with Crippen LogP contribution in [0.25, 0.3) is 10.2 Å². The third-order valence-corrected chi connectivity index (χ3v) is 7.24. The van der Waals surface area contributed by atoms with E-state index < -0.39 is 0 Å². The minimum atomic E-state index is -0.172. The van der Waals surface area contributed by atoms with Crippen molar-refractivity contribution >= 4 is 62.2 Å². The lowest BCUT2D eigenvalue weighted by Crippen LogP contribution is -2.35. The molecule has 3 heterocycles. The number of methoxy groups -OCH3 is 1. The number of thiophene rings is 1. The molecule has 10 heteroatoms. The predicted octanol–water partition coefficient (Wildman–Crippen LogP) is 4.98. The summed E-state index contributed by atoms with van der Waals surface area (Å²) in [5.41, 5.74) is 8.23. The highest BCUT2D eigenvalue weighted by molar-refractivity contribution is 7.98. The van der Waals surface area contributed by atoms with E-state index in [1.54, 1.807) is 18.4 Å². The van der Waals surface area contributed by atoms with Crippen molar-refractivity contribution in [3.63, 3.8) is 0 Å². The van der Waals surface area contributed by atoms with E-state index in [9.17, 15) is 0 Å². The van der Waals surface area contributed by atoms with Gasteiger partial charge in [-0.1, -0.05) is 18.7 Å². The summed E-state index contributed by atoms with van der Waals surface area (Å²) in [5.74, 6) is 1.52. The number of fused-ring (bicyclic) bond motifs is 3. The Morgan fingerprint density at radius 1 is 1.32 bits per heavy atom. The molecule has 1 unspecified atom stereocenters. The molecule has 1 aromatic carbocycles. The zero-order valence-corrected chi connectivity index (χ0v) is 20.3. The van der Waals surface area contributed by atoms with Gasteiger partial charge in [0.05, 0.1) is 24.7 Å². The molecule has 0 aliphatic carbocycles. The Morgan fingerprint density at radius 3 is 2.77 bits per heavy atom. The Bertz CT molecular complexity index is 1100. The third kappa shape index (κ3) is 4.72. The number of hydrogen-bond donors (Lipinski definition) is 3. The molecule has 4 rings (SSSR count). The molecule has 0 fully saturated rings. The molecular formula is C21H25N5O2S3. The summed E-state index contributed by atoms with van der Waals surface area (Å²) < 4.78 is 11.3. The van der Waals surface area contributed by atoms with Crippen LogP contribution in [0.15, 0.2) is 29.4 Å². The number of thiocarbonyl (C=S) groups is 1. The lowest BCUT2D eigenvalue weighted by Gasteiger charge is -2.33. The van der Waals surface area contributed by atoms with Crippen molar-refractivity contribution in [2.24, 2.45) is 0 Å².